The molecule has 2 N–H and O–H groups in total. The van der Waals surface area contributed by atoms with Crippen molar-refractivity contribution in [3.8, 4) is 0 Å². The molecule has 0 amide bonds. The summed E-state index contributed by atoms with van der Waals surface area (Å²) in [6.45, 7) is 1.21. The van der Waals surface area contributed by atoms with Crippen molar-refractivity contribution in [3.63, 3.8) is 0 Å². The van der Waals surface area contributed by atoms with Crippen LogP contribution in [-0.4, -0.2) is 50.8 Å². The molecule has 1 aliphatic rings. The Balaban J connectivity index is 2.26. The molecule has 0 saturated carbocycles. The maximum absolute atomic E-state index is 12.5. The fourth-order valence-corrected chi connectivity index (χ4v) is 4.62. The molecular weight excluding hydrogens is 334 g/mol. The van der Waals surface area contributed by atoms with Gasteiger partial charge in [0.2, 0.25) is 10.0 Å². The van der Waals surface area contributed by atoms with Gasteiger partial charge in [0.05, 0.1) is 6.54 Å². The van der Waals surface area contributed by atoms with Gasteiger partial charge in [-0.15, -0.1) is 0 Å². The third-order valence-electron chi connectivity index (χ3n) is 3.38. The van der Waals surface area contributed by atoms with E-state index in [-0.39, 0.29) is 22.2 Å². The van der Waals surface area contributed by atoms with Crippen molar-refractivity contribution in [2.24, 2.45) is 5.73 Å². The number of nitrogens with zero attached hydrogens (tertiary/aromatic N) is 2. The first-order valence-electron chi connectivity index (χ1n) is 6.01. The molecule has 1 aromatic rings. The lowest BCUT2D eigenvalue weighted by Crippen LogP contribution is -2.34. The molecule has 0 aromatic carbocycles. The first-order valence-corrected chi connectivity index (χ1v) is 8.24. The average Bonchev–Trinajstić information content (AvgIpc) is 2.95. The van der Waals surface area contributed by atoms with E-state index in [2.05, 4.69) is 15.9 Å². The van der Waals surface area contributed by atoms with Crippen LogP contribution >= 0.6 is 15.9 Å². The Morgan fingerprint density at radius 2 is 2.26 bits per heavy atom. The minimum Gasteiger partial charge on any atom is -0.452 e. The van der Waals surface area contributed by atoms with Crippen molar-refractivity contribution in [2.75, 3.05) is 27.2 Å². The summed E-state index contributed by atoms with van der Waals surface area (Å²) in [5.41, 5.74) is 5.46. The predicted octanol–water partition coefficient (Wildman–Crippen LogP) is 0.825. The molecule has 2 rings (SSSR count). The van der Waals surface area contributed by atoms with Crippen LogP contribution < -0.4 is 5.73 Å². The van der Waals surface area contributed by atoms with Crippen molar-refractivity contribution in [1.29, 1.82) is 0 Å². The Bertz CT molecular complexity index is 556. The Kier molecular flexibility index (Phi) is 4.36. The number of furan rings is 1. The smallest absolute Gasteiger partial charge is 0.247 e. The molecule has 1 atom stereocenters. The highest BCUT2D eigenvalue weighted by Gasteiger charge is 2.35. The standard InChI is InChI=1S/C11H18BrN3O3S/c1-14(2)8-3-4-15(7-8)19(16,17)10-5-9(6-13)18-11(10)12/h5,8H,3-4,6-7,13H2,1-2H3. The van der Waals surface area contributed by atoms with Crippen molar-refractivity contribution in [2.45, 2.75) is 23.9 Å². The second-order valence-electron chi connectivity index (χ2n) is 4.82. The molecule has 1 unspecified atom stereocenters. The Morgan fingerprint density at radius 1 is 1.58 bits per heavy atom. The SMILES string of the molecule is CN(C)C1CCN(S(=O)(=O)c2cc(CN)oc2Br)C1. The fourth-order valence-electron chi connectivity index (χ4n) is 2.16. The van der Waals surface area contributed by atoms with Crippen LogP contribution in [0.2, 0.25) is 0 Å². The van der Waals surface area contributed by atoms with Crippen molar-refractivity contribution >= 4 is 26.0 Å². The largest absolute Gasteiger partial charge is 0.452 e. The number of hydrogen-bond donors (Lipinski definition) is 1. The van der Waals surface area contributed by atoms with Gasteiger partial charge in [0.1, 0.15) is 10.7 Å². The summed E-state index contributed by atoms with van der Waals surface area (Å²) in [6, 6.07) is 1.75. The summed E-state index contributed by atoms with van der Waals surface area (Å²) >= 11 is 3.15. The second kappa shape index (κ2) is 5.53. The fraction of sp³-hybridized carbons (Fsp3) is 0.636. The molecule has 0 spiro atoms. The van der Waals surface area contributed by atoms with Gasteiger partial charge in [-0.3, -0.25) is 0 Å². The molecule has 6 nitrogen and oxygen atoms in total. The van der Waals surface area contributed by atoms with Crippen LogP contribution in [0.1, 0.15) is 12.2 Å². The number of rotatable bonds is 4. The minimum atomic E-state index is -3.51. The number of sulfonamides is 1. The lowest BCUT2D eigenvalue weighted by molar-refractivity contribution is 0.302. The summed E-state index contributed by atoms with van der Waals surface area (Å²) in [5.74, 6) is 0.453. The molecule has 0 bridgehead atoms. The van der Waals surface area contributed by atoms with E-state index in [1.165, 1.54) is 10.4 Å². The highest BCUT2D eigenvalue weighted by molar-refractivity contribution is 9.10. The molecule has 1 saturated heterocycles. The summed E-state index contributed by atoms with van der Waals surface area (Å²) in [5, 5.41) is 0. The van der Waals surface area contributed by atoms with Crippen LogP contribution in [0, 0.1) is 0 Å². The van der Waals surface area contributed by atoms with E-state index in [0.29, 0.717) is 18.8 Å². The zero-order chi connectivity index (χ0) is 14.2. The van der Waals surface area contributed by atoms with Crippen LogP contribution in [0.4, 0.5) is 0 Å². The van der Waals surface area contributed by atoms with E-state index >= 15 is 0 Å². The first kappa shape index (κ1) is 15.0. The average molecular weight is 352 g/mol. The number of nitrogens with two attached hydrogens (primary N) is 1. The van der Waals surface area contributed by atoms with Crippen molar-refractivity contribution in [1.82, 2.24) is 9.21 Å². The summed E-state index contributed by atoms with van der Waals surface area (Å²) in [4.78, 5) is 2.21. The Morgan fingerprint density at radius 3 is 2.74 bits per heavy atom. The van der Waals surface area contributed by atoms with Gasteiger partial charge in [0, 0.05) is 25.2 Å². The molecule has 2 heterocycles. The van der Waals surface area contributed by atoms with Gasteiger partial charge < -0.3 is 15.1 Å². The molecule has 108 valence electrons. The molecule has 19 heavy (non-hydrogen) atoms. The number of likely N-dealkylation sites (N-methyl/N-ethyl adjacent to an activating group) is 1. The van der Waals surface area contributed by atoms with Crippen LogP contribution in [0.5, 0.6) is 0 Å². The summed E-state index contributed by atoms with van der Waals surface area (Å²) in [6.07, 6.45) is 0.839. The van der Waals surface area contributed by atoms with Gasteiger partial charge in [-0.2, -0.15) is 4.31 Å². The predicted molar refractivity (Wildman–Crippen MR) is 75.2 cm³/mol. The maximum atomic E-state index is 12.5. The lowest BCUT2D eigenvalue weighted by atomic mass is 10.2. The van der Waals surface area contributed by atoms with Gasteiger partial charge in [-0.05, 0) is 36.4 Å². The molecular formula is C11H18BrN3O3S. The van der Waals surface area contributed by atoms with E-state index < -0.39 is 10.0 Å². The van der Waals surface area contributed by atoms with E-state index in [1.807, 2.05) is 19.0 Å². The van der Waals surface area contributed by atoms with E-state index in [1.54, 1.807) is 0 Å². The monoisotopic (exact) mass is 351 g/mol. The Labute approximate surface area is 121 Å². The minimum absolute atomic E-state index is 0.160. The van der Waals surface area contributed by atoms with Crippen LogP contribution in [-0.2, 0) is 16.6 Å². The zero-order valence-corrected chi connectivity index (χ0v) is 13.4. The molecule has 1 aliphatic heterocycles. The first-order chi connectivity index (χ1) is 8.86. The highest BCUT2D eigenvalue weighted by Crippen LogP contribution is 2.30. The molecule has 1 aromatic heterocycles. The second-order valence-corrected chi connectivity index (χ2v) is 7.45. The molecule has 0 radical (unpaired) electrons. The third-order valence-corrected chi connectivity index (χ3v) is 6.10. The highest BCUT2D eigenvalue weighted by atomic mass is 79.9. The summed E-state index contributed by atoms with van der Waals surface area (Å²) in [7, 11) is 0.404. The molecule has 0 aliphatic carbocycles. The number of hydrogen-bond acceptors (Lipinski definition) is 5. The van der Waals surface area contributed by atoms with Gasteiger partial charge in [-0.1, -0.05) is 0 Å². The molecule has 8 heteroatoms. The normalized spacial score (nSPS) is 21.4. The van der Waals surface area contributed by atoms with Crippen LogP contribution in [0.15, 0.2) is 20.0 Å². The third kappa shape index (κ3) is 2.87. The van der Waals surface area contributed by atoms with Crippen LogP contribution in [0.25, 0.3) is 0 Å². The van der Waals surface area contributed by atoms with E-state index in [0.717, 1.165) is 6.42 Å². The maximum Gasteiger partial charge on any atom is 0.247 e. The zero-order valence-electron chi connectivity index (χ0n) is 11.0. The van der Waals surface area contributed by atoms with Gasteiger partial charge >= 0.3 is 0 Å². The lowest BCUT2D eigenvalue weighted by Gasteiger charge is -2.19. The molecule has 1 fully saturated rings. The van der Waals surface area contributed by atoms with Crippen molar-refractivity contribution < 1.29 is 12.8 Å². The Hall–Kier alpha value is -0.410. The quantitative estimate of drug-likeness (QED) is 0.868. The van der Waals surface area contributed by atoms with E-state index in [9.17, 15) is 8.42 Å². The van der Waals surface area contributed by atoms with E-state index in [4.69, 9.17) is 10.2 Å². The number of halogens is 1. The van der Waals surface area contributed by atoms with Gasteiger partial charge in [-0.25, -0.2) is 8.42 Å². The summed E-state index contributed by atoms with van der Waals surface area (Å²) < 4.78 is 32.0. The van der Waals surface area contributed by atoms with Crippen molar-refractivity contribution in [3.05, 3.63) is 16.5 Å². The van der Waals surface area contributed by atoms with Crippen LogP contribution in [0.3, 0.4) is 0 Å². The van der Waals surface area contributed by atoms with Gasteiger partial charge in [0.15, 0.2) is 4.67 Å². The topological polar surface area (TPSA) is 79.8 Å². The van der Waals surface area contributed by atoms with Gasteiger partial charge in [0.25, 0.3) is 0 Å².